The normalized spacial score (nSPS) is 17.0. The van der Waals surface area contributed by atoms with Crippen molar-refractivity contribution in [2.24, 2.45) is 0 Å². The monoisotopic (exact) mass is 302 g/mol. The van der Waals surface area contributed by atoms with Gasteiger partial charge in [-0.15, -0.1) is 0 Å². The van der Waals surface area contributed by atoms with Crippen LogP contribution in [0.5, 0.6) is 0 Å². The van der Waals surface area contributed by atoms with Gasteiger partial charge in [-0.2, -0.15) is 0 Å². The minimum Gasteiger partial charge on any atom is -0.356 e. The minimum absolute atomic E-state index is 0.285. The largest absolute Gasteiger partial charge is 0.356 e. The lowest BCUT2D eigenvalue weighted by Gasteiger charge is -2.37. The highest BCUT2D eigenvalue weighted by Gasteiger charge is 2.24. The molecule has 0 amide bonds. The zero-order valence-corrected chi connectivity index (χ0v) is 13.3. The fourth-order valence-electron chi connectivity index (χ4n) is 3.34. The van der Waals surface area contributed by atoms with Gasteiger partial charge in [0.25, 0.3) is 0 Å². The highest BCUT2D eigenvalue weighted by molar-refractivity contribution is 5.89. The molecule has 118 valence electrons. The van der Waals surface area contributed by atoms with E-state index in [0.717, 1.165) is 37.1 Å². The van der Waals surface area contributed by atoms with E-state index in [1.807, 2.05) is 6.07 Å². The van der Waals surface area contributed by atoms with E-state index in [4.69, 9.17) is 0 Å². The van der Waals surface area contributed by atoms with Crippen LogP contribution in [0.25, 0.3) is 10.9 Å². The fraction of sp³-hybridized carbons (Fsp3) is 0.529. The van der Waals surface area contributed by atoms with Gasteiger partial charge >= 0.3 is 0 Å². The third kappa shape index (κ3) is 2.90. The van der Waals surface area contributed by atoms with E-state index in [2.05, 4.69) is 33.7 Å². The number of rotatable bonds is 4. The van der Waals surface area contributed by atoms with Crippen molar-refractivity contribution in [1.29, 1.82) is 0 Å². The number of hydrogen-bond donors (Lipinski definition) is 0. The lowest BCUT2D eigenvalue weighted by atomic mass is 10.0. The topological polar surface area (TPSA) is 32.3 Å². The molecule has 0 atom stereocenters. The van der Waals surface area contributed by atoms with Crippen LogP contribution in [0.3, 0.4) is 0 Å². The molecule has 1 aromatic carbocycles. The van der Waals surface area contributed by atoms with Gasteiger partial charge in [0.15, 0.2) is 0 Å². The summed E-state index contributed by atoms with van der Waals surface area (Å²) in [6.45, 7) is 5.65. The highest BCUT2D eigenvalue weighted by atomic mass is 19.1. The van der Waals surface area contributed by atoms with E-state index >= 15 is 0 Å². The van der Waals surface area contributed by atoms with Gasteiger partial charge in [-0.3, -0.25) is 0 Å². The third-order valence-electron chi connectivity index (χ3n) is 4.57. The first kappa shape index (κ1) is 15.2. The van der Waals surface area contributed by atoms with Gasteiger partial charge in [-0.05, 0) is 37.9 Å². The Morgan fingerprint density at radius 1 is 1.27 bits per heavy atom. The number of halogens is 1. The Labute approximate surface area is 131 Å². The lowest BCUT2D eigenvalue weighted by molar-refractivity contribution is 0.211. The molecule has 1 saturated heterocycles. The summed E-state index contributed by atoms with van der Waals surface area (Å²) in [5.41, 5.74) is 0.405. The van der Waals surface area contributed by atoms with Crippen molar-refractivity contribution in [2.45, 2.75) is 32.2 Å². The molecule has 5 heteroatoms. The summed E-state index contributed by atoms with van der Waals surface area (Å²) in [5.74, 6) is 0.547. The summed E-state index contributed by atoms with van der Waals surface area (Å²) < 4.78 is 13.9. The van der Waals surface area contributed by atoms with Gasteiger partial charge in [-0.1, -0.05) is 13.0 Å². The molecular weight excluding hydrogens is 279 g/mol. The first-order valence-corrected chi connectivity index (χ1v) is 8.05. The molecule has 0 saturated carbocycles. The number of aromatic nitrogens is 2. The molecule has 0 unspecified atom stereocenters. The molecule has 2 heterocycles. The van der Waals surface area contributed by atoms with Crippen molar-refractivity contribution in [1.82, 2.24) is 14.9 Å². The molecule has 0 aliphatic carbocycles. The van der Waals surface area contributed by atoms with Gasteiger partial charge < -0.3 is 9.80 Å². The van der Waals surface area contributed by atoms with Crippen LogP contribution in [0.4, 0.5) is 10.2 Å². The number of nitrogens with zero attached hydrogens (tertiary/aromatic N) is 4. The molecule has 22 heavy (non-hydrogen) atoms. The summed E-state index contributed by atoms with van der Waals surface area (Å²) in [7, 11) is 2.06. The second-order valence-corrected chi connectivity index (χ2v) is 6.02. The quantitative estimate of drug-likeness (QED) is 0.869. The molecule has 0 radical (unpaired) electrons. The molecule has 4 nitrogen and oxygen atoms in total. The van der Waals surface area contributed by atoms with Gasteiger partial charge in [0.05, 0.1) is 0 Å². The SMILES string of the molecule is CCCN1CCC(N(C)c2ncnc3c(F)cccc23)CC1. The smallest absolute Gasteiger partial charge is 0.149 e. The standard InChI is InChI=1S/C17H23FN4/c1-3-9-22-10-7-13(8-11-22)21(2)17-14-5-4-6-15(18)16(14)19-12-20-17/h4-6,12-13H,3,7-11H2,1-2H3. The molecule has 2 aromatic rings. The molecule has 1 aromatic heterocycles. The maximum absolute atomic E-state index is 13.9. The number of anilines is 1. The predicted molar refractivity (Wildman–Crippen MR) is 87.7 cm³/mol. The Hall–Kier alpha value is -1.75. The second-order valence-electron chi connectivity index (χ2n) is 6.02. The zero-order valence-electron chi connectivity index (χ0n) is 13.3. The van der Waals surface area contributed by atoms with Crippen LogP contribution in [-0.2, 0) is 0 Å². The Bertz CT molecular complexity index is 638. The maximum Gasteiger partial charge on any atom is 0.149 e. The van der Waals surface area contributed by atoms with Gasteiger partial charge in [-0.25, -0.2) is 14.4 Å². The van der Waals surface area contributed by atoms with E-state index in [1.54, 1.807) is 6.07 Å². The molecule has 0 bridgehead atoms. The summed E-state index contributed by atoms with van der Waals surface area (Å²) in [6.07, 6.45) is 4.91. The van der Waals surface area contributed by atoms with E-state index in [-0.39, 0.29) is 5.82 Å². The maximum atomic E-state index is 13.9. The van der Waals surface area contributed by atoms with Crippen molar-refractivity contribution in [3.05, 3.63) is 30.3 Å². The van der Waals surface area contributed by atoms with Crippen molar-refractivity contribution in [3.63, 3.8) is 0 Å². The van der Waals surface area contributed by atoms with E-state index < -0.39 is 0 Å². The van der Waals surface area contributed by atoms with Gasteiger partial charge in [0.2, 0.25) is 0 Å². The average molecular weight is 302 g/mol. The van der Waals surface area contributed by atoms with E-state index in [0.29, 0.717) is 11.6 Å². The summed E-state index contributed by atoms with van der Waals surface area (Å²) in [5, 5.41) is 0.793. The first-order chi connectivity index (χ1) is 10.7. The molecule has 1 aliphatic rings. The number of piperidine rings is 1. The van der Waals surface area contributed by atoms with Crippen molar-refractivity contribution in [2.75, 3.05) is 31.6 Å². The molecule has 0 spiro atoms. The predicted octanol–water partition coefficient (Wildman–Crippen LogP) is 3.08. The number of fused-ring (bicyclic) bond motifs is 1. The lowest BCUT2D eigenvalue weighted by Crippen LogP contribution is -2.44. The van der Waals surface area contributed by atoms with Crippen molar-refractivity contribution < 1.29 is 4.39 Å². The van der Waals surface area contributed by atoms with Crippen LogP contribution in [0.15, 0.2) is 24.5 Å². The highest BCUT2D eigenvalue weighted by Crippen LogP contribution is 2.27. The van der Waals surface area contributed by atoms with Crippen molar-refractivity contribution in [3.8, 4) is 0 Å². The molecular formula is C17H23FN4. The summed E-state index contributed by atoms with van der Waals surface area (Å²) in [6, 6.07) is 5.52. The molecule has 1 fully saturated rings. The summed E-state index contributed by atoms with van der Waals surface area (Å²) in [4.78, 5) is 13.2. The van der Waals surface area contributed by atoms with Crippen LogP contribution in [-0.4, -0.2) is 47.6 Å². The fourth-order valence-corrected chi connectivity index (χ4v) is 3.34. The zero-order chi connectivity index (χ0) is 15.5. The summed E-state index contributed by atoms with van der Waals surface area (Å²) >= 11 is 0. The van der Waals surface area contributed by atoms with Crippen molar-refractivity contribution >= 4 is 16.7 Å². The Morgan fingerprint density at radius 3 is 2.77 bits per heavy atom. The Balaban J connectivity index is 1.81. The number of hydrogen-bond acceptors (Lipinski definition) is 4. The van der Waals surface area contributed by atoms with E-state index in [9.17, 15) is 4.39 Å². The Kier molecular flexibility index (Phi) is 4.52. The van der Waals surface area contributed by atoms with Crippen LogP contribution in [0.1, 0.15) is 26.2 Å². The molecule has 3 rings (SSSR count). The first-order valence-electron chi connectivity index (χ1n) is 8.05. The Morgan fingerprint density at radius 2 is 2.05 bits per heavy atom. The third-order valence-corrected chi connectivity index (χ3v) is 4.57. The second kappa shape index (κ2) is 6.57. The van der Waals surface area contributed by atoms with Gasteiger partial charge in [0.1, 0.15) is 23.5 Å². The van der Waals surface area contributed by atoms with Crippen LogP contribution < -0.4 is 4.90 Å². The van der Waals surface area contributed by atoms with Crippen LogP contribution in [0, 0.1) is 5.82 Å². The minimum atomic E-state index is -0.285. The number of likely N-dealkylation sites (tertiary alicyclic amines) is 1. The van der Waals surface area contributed by atoms with Gasteiger partial charge in [0, 0.05) is 31.6 Å². The number of para-hydroxylation sites is 1. The average Bonchev–Trinajstić information content (AvgIpc) is 2.55. The van der Waals surface area contributed by atoms with Crippen LogP contribution >= 0.6 is 0 Å². The molecule has 0 N–H and O–H groups in total. The van der Waals surface area contributed by atoms with E-state index in [1.165, 1.54) is 25.4 Å². The number of benzene rings is 1. The van der Waals surface area contributed by atoms with Crippen LogP contribution in [0.2, 0.25) is 0 Å². The molecule has 1 aliphatic heterocycles.